The minimum absolute atomic E-state index is 0.108. The second-order valence-electron chi connectivity index (χ2n) is 6.55. The summed E-state index contributed by atoms with van der Waals surface area (Å²) in [7, 11) is 0. The molecule has 2 aromatic carbocycles. The van der Waals surface area contributed by atoms with Crippen LogP contribution in [0.15, 0.2) is 52.1 Å². The van der Waals surface area contributed by atoms with Gasteiger partial charge in [0.05, 0.1) is 22.2 Å². The number of hydrogen-bond acceptors (Lipinski definition) is 6. The molecule has 0 atom stereocenters. The third-order valence-electron chi connectivity index (χ3n) is 4.51. The molecule has 4 rings (SSSR count). The third kappa shape index (κ3) is 4.71. The topological polar surface area (TPSA) is 71.3 Å². The lowest BCUT2D eigenvalue weighted by Crippen LogP contribution is -2.22. The van der Waals surface area contributed by atoms with Crippen LogP contribution < -0.4 is 10.2 Å². The van der Waals surface area contributed by atoms with Gasteiger partial charge in [0.15, 0.2) is 0 Å². The molecule has 1 saturated heterocycles. The Kier molecular flexibility index (Phi) is 6.01. The van der Waals surface area contributed by atoms with Crippen molar-refractivity contribution in [3.63, 3.8) is 0 Å². The number of para-hydroxylation sites is 1. The van der Waals surface area contributed by atoms with Gasteiger partial charge >= 0.3 is 0 Å². The maximum absolute atomic E-state index is 13.0. The predicted octanol–water partition coefficient (Wildman–Crippen LogP) is 4.86. The highest BCUT2D eigenvalue weighted by molar-refractivity contribution is 7.99. The van der Waals surface area contributed by atoms with Crippen molar-refractivity contribution in [3.8, 4) is 11.5 Å². The van der Waals surface area contributed by atoms with Gasteiger partial charge in [-0.2, -0.15) is 0 Å². The highest BCUT2D eigenvalue weighted by Crippen LogP contribution is 2.36. The van der Waals surface area contributed by atoms with Gasteiger partial charge in [-0.1, -0.05) is 29.4 Å². The summed E-state index contributed by atoms with van der Waals surface area (Å²) >= 11 is 7.52. The van der Waals surface area contributed by atoms with E-state index < -0.39 is 0 Å². The number of benzene rings is 2. The van der Waals surface area contributed by atoms with Crippen LogP contribution in [0.25, 0.3) is 11.5 Å². The summed E-state index contributed by atoms with van der Waals surface area (Å²) in [4.78, 5) is 14.6. The Morgan fingerprint density at radius 1 is 1.17 bits per heavy atom. The molecule has 0 radical (unpaired) electrons. The summed E-state index contributed by atoms with van der Waals surface area (Å²) in [6.45, 7) is 1.85. The molecule has 0 saturated carbocycles. The summed E-state index contributed by atoms with van der Waals surface area (Å²) in [6, 6.07) is 11.3. The first-order valence-electron chi connectivity index (χ1n) is 9.16. The quantitative estimate of drug-likeness (QED) is 0.561. The van der Waals surface area contributed by atoms with Gasteiger partial charge in [0.25, 0.3) is 5.22 Å². The van der Waals surface area contributed by atoms with E-state index in [0.29, 0.717) is 16.3 Å². The largest absolute Gasteiger partial charge is 0.411 e. The van der Waals surface area contributed by atoms with Crippen molar-refractivity contribution in [2.24, 2.45) is 0 Å². The van der Waals surface area contributed by atoms with E-state index in [1.54, 1.807) is 12.1 Å². The number of nitrogens with one attached hydrogen (secondary N) is 1. The molecule has 0 unspecified atom stereocenters. The van der Waals surface area contributed by atoms with Crippen molar-refractivity contribution in [3.05, 3.63) is 53.3 Å². The first-order valence-corrected chi connectivity index (χ1v) is 10.5. The van der Waals surface area contributed by atoms with Gasteiger partial charge in [-0.25, -0.2) is 4.39 Å². The van der Waals surface area contributed by atoms with Gasteiger partial charge in [-0.05, 0) is 49.2 Å². The average molecular weight is 433 g/mol. The molecule has 0 aliphatic carbocycles. The van der Waals surface area contributed by atoms with Crippen LogP contribution in [0.2, 0.25) is 5.02 Å². The highest BCUT2D eigenvalue weighted by atomic mass is 35.5. The van der Waals surface area contributed by atoms with Crippen molar-refractivity contribution in [1.29, 1.82) is 0 Å². The van der Waals surface area contributed by atoms with Crippen LogP contribution in [0.5, 0.6) is 0 Å². The van der Waals surface area contributed by atoms with E-state index in [0.717, 1.165) is 43.4 Å². The van der Waals surface area contributed by atoms with E-state index in [1.807, 2.05) is 18.2 Å². The van der Waals surface area contributed by atoms with Gasteiger partial charge in [-0.3, -0.25) is 4.79 Å². The molecule has 0 bridgehead atoms. The Bertz CT molecular complexity index is 1010. The molecular formula is C20H18ClFN4O2S. The predicted molar refractivity (Wildman–Crippen MR) is 112 cm³/mol. The molecule has 150 valence electrons. The van der Waals surface area contributed by atoms with E-state index in [4.69, 9.17) is 16.0 Å². The molecule has 1 aromatic heterocycles. The van der Waals surface area contributed by atoms with Gasteiger partial charge in [0.2, 0.25) is 11.8 Å². The molecule has 1 fully saturated rings. The summed E-state index contributed by atoms with van der Waals surface area (Å²) < 4.78 is 18.6. The van der Waals surface area contributed by atoms with Crippen LogP contribution in [0.4, 0.5) is 15.8 Å². The number of thioether (sulfide) groups is 1. The number of amides is 1. The van der Waals surface area contributed by atoms with Gasteiger partial charge < -0.3 is 14.6 Å². The maximum atomic E-state index is 13.0. The van der Waals surface area contributed by atoms with Crippen LogP contribution in [0, 0.1) is 5.82 Å². The Balaban J connectivity index is 1.39. The zero-order chi connectivity index (χ0) is 20.2. The van der Waals surface area contributed by atoms with E-state index in [2.05, 4.69) is 20.4 Å². The van der Waals surface area contributed by atoms with Gasteiger partial charge in [0.1, 0.15) is 5.82 Å². The summed E-state index contributed by atoms with van der Waals surface area (Å²) in [6.07, 6.45) is 2.23. The fraction of sp³-hybridized carbons (Fsp3) is 0.250. The van der Waals surface area contributed by atoms with Crippen LogP contribution in [-0.2, 0) is 4.79 Å². The number of hydrogen-bond donors (Lipinski definition) is 1. The van der Waals surface area contributed by atoms with Crippen molar-refractivity contribution in [2.75, 3.05) is 29.1 Å². The number of carbonyl (C=O) groups is 1. The molecule has 0 spiro atoms. The van der Waals surface area contributed by atoms with Crippen LogP contribution in [-0.4, -0.2) is 34.9 Å². The SMILES string of the molecule is O=C(CSc1nnc(-c2ccc(F)cc2)o1)Nc1cccc(Cl)c1N1CCCC1. The summed E-state index contributed by atoms with van der Waals surface area (Å²) in [5.41, 5.74) is 2.17. The van der Waals surface area contributed by atoms with Crippen LogP contribution in [0.3, 0.4) is 0 Å². The number of halogens is 2. The number of aromatic nitrogens is 2. The second-order valence-corrected chi connectivity index (χ2v) is 7.88. The van der Waals surface area contributed by atoms with Crippen LogP contribution >= 0.6 is 23.4 Å². The maximum Gasteiger partial charge on any atom is 0.277 e. The minimum atomic E-state index is -0.339. The van der Waals surface area contributed by atoms with Gasteiger partial charge in [-0.15, -0.1) is 10.2 Å². The monoisotopic (exact) mass is 432 g/mol. The van der Waals surface area contributed by atoms with Crippen molar-refractivity contribution < 1.29 is 13.6 Å². The number of carbonyl (C=O) groups excluding carboxylic acids is 1. The van der Waals surface area contributed by atoms with Crippen molar-refractivity contribution in [2.45, 2.75) is 18.1 Å². The zero-order valence-electron chi connectivity index (χ0n) is 15.4. The average Bonchev–Trinajstić information content (AvgIpc) is 3.39. The fourth-order valence-corrected chi connectivity index (χ4v) is 4.03. The standard InChI is InChI=1S/C20H18ClFN4O2S/c21-15-4-3-5-16(18(15)26-10-1-2-11-26)23-17(27)12-29-20-25-24-19(28-20)13-6-8-14(22)9-7-13/h3-9H,1-2,10-12H2,(H,23,27). The molecule has 9 heteroatoms. The molecule has 29 heavy (non-hydrogen) atoms. The molecule has 1 amide bonds. The normalized spacial score (nSPS) is 13.7. The molecule has 1 aliphatic rings. The summed E-state index contributed by atoms with van der Waals surface area (Å²) in [5, 5.41) is 11.7. The van der Waals surface area contributed by atoms with Crippen molar-refractivity contribution >= 4 is 40.6 Å². The Morgan fingerprint density at radius 3 is 2.69 bits per heavy atom. The van der Waals surface area contributed by atoms with E-state index in [1.165, 1.54) is 12.1 Å². The minimum Gasteiger partial charge on any atom is -0.411 e. The van der Waals surface area contributed by atoms with E-state index in [-0.39, 0.29) is 28.6 Å². The number of rotatable bonds is 6. The lowest BCUT2D eigenvalue weighted by molar-refractivity contribution is -0.113. The number of anilines is 2. The van der Waals surface area contributed by atoms with Crippen LogP contribution in [0.1, 0.15) is 12.8 Å². The third-order valence-corrected chi connectivity index (χ3v) is 5.63. The molecule has 1 N–H and O–H groups in total. The molecule has 2 heterocycles. The molecule has 6 nitrogen and oxygen atoms in total. The summed E-state index contributed by atoms with van der Waals surface area (Å²) in [5.74, 6) is -0.149. The molecular weight excluding hydrogens is 415 g/mol. The lowest BCUT2D eigenvalue weighted by atomic mass is 10.2. The highest BCUT2D eigenvalue weighted by Gasteiger charge is 2.20. The van der Waals surface area contributed by atoms with E-state index in [9.17, 15) is 9.18 Å². The fourth-order valence-electron chi connectivity index (χ4n) is 3.17. The Hall–Kier alpha value is -2.58. The smallest absolute Gasteiger partial charge is 0.277 e. The number of nitrogens with zero attached hydrogens (tertiary/aromatic N) is 3. The Morgan fingerprint density at radius 2 is 1.93 bits per heavy atom. The molecule has 1 aliphatic heterocycles. The first-order chi connectivity index (χ1) is 14.1. The molecule has 3 aromatic rings. The Labute approximate surface area is 176 Å². The lowest BCUT2D eigenvalue weighted by Gasteiger charge is -2.22. The van der Waals surface area contributed by atoms with E-state index >= 15 is 0 Å². The first kappa shape index (κ1) is 19.7. The zero-order valence-corrected chi connectivity index (χ0v) is 17.0. The van der Waals surface area contributed by atoms with Gasteiger partial charge in [0, 0.05) is 18.7 Å². The second kappa shape index (κ2) is 8.84. The van der Waals surface area contributed by atoms with Crippen molar-refractivity contribution in [1.82, 2.24) is 10.2 Å².